The number of esters is 1. The standard InChI is InChI=1S/C22H25N3O6/c1-16(2)24(18-6-4-3-5-7-18)21(26)15-31-22(27)17-8-9-19(20(14-17)25(28)29)23-10-12-30-13-11-23/h3-9,14,16H,10-13,15H2,1-2H3. The molecule has 2 aromatic carbocycles. The largest absolute Gasteiger partial charge is 0.452 e. The van der Waals surface area contributed by atoms with E-state index in [0.717, 1.165) is 0 Å². The van der Waals surface area contributed by atoms with Gasteiger partial charge >= 0.3 is 5.97 Å². The summed E-state index contributed by atoms with van der Waals surface area (Å²) in [5, 5.41) is 11.6. The maximum atomic E-state index is 12.7. The molecule has 1 aliphatic heterocycles. The van der Waals surface area contributed by atoms with Crippen LogP contribution in [0.4, 0.5) is 17.1 Å². The Morgan fingerprint density at radius 1 is 1.16 bits per heavy atom. The Morgan fingerprint density at radius 3 is 2.45 bits per heavy atom. The van der Waals surface area contributed by atoms with E-state index in [1.807, 2.05) is 36.9 Å². The van der Waals surface area contributed by atoms with Crippen LogP contribution in [0.1, 0.15) is 24.2 Å². The second kappa shape index (κ2) is 10.0. The van der Waals surface area contributed by atoms with E-state index in [1.165, 1.54) is 23.1 Å². The number of nitro groups is 1. The van der Waals surface area contributed by atoms with Crippen molar-refractivity contribution in [1.29, 1.82) is 0 Å². The SMILES string of the molecule is CC(C)N(C(=O)COC(=O)c1ccc(N2CCOCC2)c([N+](=O)[O-])c1)c1ccccc1. The van der Waals surface area contributed by atoms with Crippen LogP contribution in [0.3, 0.4) is 0 Å². The van der Waals surface area contributed by atoms with Crippen molar-refractivity contribution >= 4 is 28.9 Å². The van der Waals surface area contributed by atoms with Crippen LogP contribution in [0.15, 0.2) is 48.5 Å². The maximum absolute atomic E-state index is 12.7. The van der Waals surface area contributed by atoms with Gasteiger partial charge < -0.3 is 19.3 Å². The zero-order valence-electron chi connectivity index (χ0n) is 17.5. The Kier molecular flexibility index (Phi) is 7.19. The third-order valence-electron chi connectivity index (χ3n) is 4.91. The van der Waals surface area contributed by atoms with E-state index in [9.17, 15) is 19.7 Å². The van der Waals surface area contributed by atoms with Gasteiger partial charge in [-0.2, -0.15) is 0 Å². The van der Waals surface area contributed by atoms with Crippen LogP contribution in [-0.4, -0.2) is 55.8 Å². The number of anilines is 2. The highest BCUT2D eigenvalue weighted by molar-refractivity contribution is 5.98. The molecule has 0 saturated carbocycles. The highest BCUT2D eigenvalue weighted by Crippen LogP contribution is 2.30. The molecule has 0 radical (unpaired) electrons. The molecule has 31 heavy (non-hydrogen) atoms. The Labute approximate surface area is 180 Å². The Bertz CT molecular complexity index is 942. The molecule has 0 bridgehead atoms. The number of para-hydroxylation sites is 1. The molecule has 1 saturated heterocycles. The van der Waals surface area contributed by atoms with Gasteiger partial charge in [0.05, 0.1) is 23.7 Å². The fourth-order valence-electron chi connectivity index (χ4n) is 3.47. The lowest BCUT2D eigenvalue weighted by Gasteiger charge is -2.28. The number of morpholine rings is 1. The van der Waals surface area contributed by atoms with E-state index >= 15 is 0 Å². The van der Waals surface area contributed by atoms with Gasteiger partial charge in [-0.25, -0.2) is 4.79 Å². The number of benzene rings is 2. The number of ether oxygens (including phenoxy) is 2. The summed E-state index contributed by atoms with van der Waals surface area (Å²) >= 11 is 0. The predicted molar refractivity (Wildman–Crippen MR) is 115 cm³/mol. The summed E-state index contributed by atoms with van der Waals surface area (Å²) < 4.78 is 10.5. The molecule has 0 aromatic heterocycles. The summed E-state index contributed by atoms with van der Waals surface area (Å²) in [5.41, 5.74) is 0.961. The molecule has 0 atom stereocenters. The molecule has 164 valence electrons. The van der Waals surface area contributed by atoms with Crippen molar-refractivity contribution in [2.45, 2.75) is 19.9 Å². The summed E-state index contributed by atoms with van der Waals surface area (Å²) in [6.45, 7) is 5.28. The smallest absolute Gasteiger partial charge is 0.338 e. The first-order valence-electron chi connectivity index (χ1n) is 10.0. The fourth-order valence-corrected chi connectivity index (χ4v) is 3.47. The molecule has 0 unspecified atom stereocenters. The van der Waals surface area contributed by atoms with Crippen molar-refractivity contribution < 1.29 is 24.0 Å². The monoisotopic (exact) mass is 427 g/mol. The lowest BCUT2D eigenvalue weighted by molar-refractivity contribution is -0.384. The van der Waals surface area contributed by atoms with Gasteiger partial charge in [0.25, 0.3) is 11.6 Å². The summed E-state index contributed by atoms with van der Waals surface area (Å²) in [4.78, 5) is 39.6. The molecule has 1 heterocycles. The molecule has 0 spiro atoms. The van der Waals surface area contributed by atoms with E-state index in [-0.39, 0.29) is 23.2 Å². The molecular formula is C22H25N3O6. The van der Waals surface area contributed by atoms with Crippen LogP contribution in [0.25, 0.3) is 0 Å². The van der Waals surface area contributed by atoms with Gasteiger partial charge in [-0.1, -0.05) is 18.2 Å². The van der Waals surface area contributed by atoms with Gasteiger partial charge in [0.1, 0.15) is 5.69 Å². The van der Waals surface area contributed by atoms with E-state index in [2.05, 4.69) is 0 Å². The van der Waals surface area contributed by atoms with Crippen molar-refractivity contribution in [3.05, 3.63) is 64.2 Å². The van der Waals surface area contributed by atoms with Crippen LogP contribution in [-0.2, 0) is 14.3 Å². The summed E-state index contributed by atoms with van der Waals surface area (Å²) in [7, 11) is 0. The molecule has 0 aliphatic carbocycles. The number of nitrogens with zero attached hydrogens (tertiary/aromatic N) is 3. The van der Waals surface area contributed by atoms with Gasteiger partial charge in [-0.15, -0.1) is 0 Å². The third kappa shape index (κ3) is 5.37. The number of carbonyl (C=O) groups is 2. The highest BCUT2D eigenvalue weighted by atomic mass is 16.6. The van der Waals surface area contributed by atoms with Crippen LogP contribution >= 0.6 is 0 Å². The first-order valence-corrected chi connectivity index (χ1v) is 10.0. The molecule has 2 aromatic rings. The average molecular weight is 427 g/mol. The van der Waals surface area contributed by atoms with Gasteiger partial charge in [0.2, 0.25) is 0 Å². The average Bonchev–Trinajstić information content (AvgIpc) is 2.78. The molecule has 1 amide bonds. The van der Waals surface area contributed by atoms with Gasteiger partial charge in [-0.3, -0.25) is 14.9 Å². The van der Waals surface area contributed by atoms with E-state index < -0.39 is 17.5 Å². The van der Waals surface area contributed by atoms with Crippen LogP contribution in [0.5, 0.6) is 0 Å². The number of hydrogen-bond acceptors (Lipinski definition) is 7. The molecule has 9 heteroatoms. The zero-order chi connectivity index (χ0) is 22.4. The van der Waals surface area contributed by atoms with Gasteiger partial charge in [-0.05, 0) is 38.1 Å². The highest BCUT2D eigenvalue weighted by Gasteiger charge is 2.25. The summed E-state index contributed by atoms with van der Waals surface area (Å²) in [6, 6.07) is 13.1. The summed E-state index contributed by atoms with van der Waals surface area (Å²) in [5.74, 6) is -1.17. The number of hydrogen-bond donors (Lipinski definition) is 0. The molecule has 1 aliphatic rings. The normalized spacial score (nSPS) is 13.7. The fraction of sp³-hybridized carbons (Fsp3) is 0.364. The van der Waals surface area contributed by atoms with E-state index in [4.69, 9.17) is 9.47 Å². The van der Waals surface area contributed by atoms with E-state index in [0.29, 0.717) is 37.7 Å². The minimum atomic E-state index is -0.790. The minimum absolute atomic E-state index is 0.0207. The Morgan fingerprint density at radius 2 is 1.84 bits per heavy atom. The number of carbonyl (C=O) groups excluding carboxylic acids is 2. The quantitative estimate of drug-likeness (QED) is 0.380. The Hall–Kier alpha value is -3.46. The van der Waals surface area contributed by atoms with Crippen molar-refractivity contribution in [2.75, 3.05) is 42.7 Å². The maximum Gasteiger partial charge on any atom is 0.338 e. The lowest BCUT2D eigenvalue weighted by Crippen LogP contribution is -2.39. The molecular weight excluding hydrogens is 402 g/mol. The zero-order valence-corrected chi connectivity index (χ0v) is 17.5. The first-order chi connectivity index (χ1) is 14.9. The molecule has 0 N–H and O–H groups in total. The predicted octanol–water partition coefficient (Wildman–Crippen LogP) is 3.03. The van der Waals surface area contributed by atoms with Crippen LogP contribution in [0, 0.1) is 10.1 Å². The minimum Gasteiger partial charge on any atom is -0.452 e. The van der Waals surface area contributed by atoms with Gasteiger partial charge in [0.15, 0.2) is 6.61 Å². The second-order valence-corrected chi connectivity index (χ2v) is 7.33. The van der Waals surface area contributed by atoms with Crippen LogP contribution in [0.2, 0.25) is 0 Å². The van der Waals surface area contributed by atoms with Crippen LogP contribution < -0.4 is 9.80 Å². The Balaban J connectivity index is 1.71. The molecule has 9 nitrogen and oxygen atoms in total. The number of rotatable bonds is 7. The number of amides is 1. The summed E-state index contributed by atoms with van der Waals surface area (Å²) in [6.07, 6.45) is 0. The van der Waals surface area contributed by atoms with Crippen molar-refractivity contribution in [3.8, 4) is 0 Å². The molecule has 3 rings (SSSR count). The van der Waals surface area contributed by atoms with Gasteiger partial charge in [0, 0.05) is 30.9 Å². The first kappa shape index (κ1) is 22.2. The van der Waals surface area contributed by atoms with Crippen molar-refractivity contribution in [1.82, 2.24) is 0 Å². The topological polar surface area (TPSA) is 102 Å². The molecule has 1 fully saturated rings. The van der Waals surface area contributed by atoms with E-state index in [1.54, 1.807) is 12.1 Å². The third-order valence-corrected chi connectivity index (χ3v) is 4.91. The van der Waals surface area contributed by atoms with Crippen molar-refractivity contribution in [3.63, 3.8) is 0 Å². The van der Waals surface area contributed by atoms with Crippen molar-refractivity contribution in [2.24, 2.45) is 0 Å². The second-order valence-electron chi connectivity index (χ2n) is 7.33. The number of nitro benzene ring substituents is 1. The lowest BCUT2D eigenvalue weighted by atomic mass is 10.1.